The van der Waals surface area contributed by atoms with Crippen molar-refractivity contribution in [1.29, 1.82) is 0 Å². The Kier molecular flexibility index (Phi) is 4.31. The quantitative estimate of drug-likeness (QED) is 0.647. The normalized spacial score (nSPS) is 23.4. The molecule has 0 bridgehead atoms. The van der Waals surface area contributed by atoms with E-state index >= 15 is 0 Å². The molecule has 1 aliphatic rings. The van der Waals surface area contributed by atoms with Gasteiger partial charge in [0.1, 0.15) is 0 Å². The van der Waals surface area contributed by atoms with E-state index in [0.29, 0.717) is 11.5 Å². The summed E-state index contributed by atoms with van der Waals surface area (Å²) in [4.78, 5) is 10.4. The highest BCUT2D eigenvalue weighted by molar-refractivity contribution is 5.51. The molecule has 110 valence electrons. The maximum absolute atomic E-state index is 10.8. The summed E-state index contributed by atoms with van der Waals surface area (Å²) >= 11 is 0. The number of anilines is 1. The van der Waals surface area contributed by atoms with Gasteiger partial charge in [0, 0.05) is 23.9 Å². The molecule has 20 heavy (non-hydrogen) atoms. The SMILES string of the molecule is CC(C)(C)C1CCC(Nc2cccc([N+](=O)[O-])c2)CC1. The molecule has 1 fully saturated rings. The van der Waals surface area contributed by atoms with Crippen molar-refractivity contribution in [3.8, 4) is 0 Å². The fraction of sp³-hybridized carbons (Fsp3) is 0.625. The fourth-order valence-corrected chi connectivity index (χ4v) is 3.05. The van der Waals surface area contributed by atoms with Gasteiger partial charge in [-0.25, -0.2) is 0 Å². The Hall–Kier alpha value is -1.58. The number of hydrogen-bond donors (Lipinski definition) is 1. The van der Waals surface area contributed by atoms with Gasteiger partial charge in [-0.1, -0.05) is 26.8 Å². The van der Waals surface area contributed by atoms with E-state index in [-0.39, 0.29) is 10.6 Å². The van der Waals surface area contributed by atoms with Crippen LogP contribution in [0.15, 0.2) is 24.3 Å². The summed E-state index contributed by atoms with van der Waals surface area (Å²) in [5.41, 5.74) is 1.40. The molecule has 0 aliphatic heterocycles. The minimum Gasteiger partial charge on any atom is -0.382 e. The number of nitro benzene ring substituents is 1. The molecule has 2 rings (SSSR count). The van der Waals surface area contributed by atoms with Gasteiger partial charge in [-0.2, -0.15) is 0 Å². The third kappa shape index (κ3) is 3.71. The minimum atomic E-state index is -0.346. The summed E-state index contributed by atoms with van der Waals surface area (Å²) in [6.45, 7) is 6.93. The van der Waals surface area contributed by atoms with E-state index in [9.17, 15) is 10.1 Å². The molecule has 0 radical (unpaired) electrons. The smallest absolute Gasteiger partial charge is 0.271 e. The Balaban J connectivity index is 1.93. The summed E-state index contributed by atoms with van der Waals surface area (Å²) in [5, 5.41) is 14.2. The molecule has 1 aromatic carbocycles. The molecule has 0 unspecified atom stereocenters. The first kappa shape index (κ1) is 14.8. The van der Waals surface area contributed by atoms with Gasteiger partial charge >= 0.3 is 0 Å². The lowest BCUT2D eigenvalue weighted by Gasteiger charge is -2.37. The van der Waals surface area contributed by atoms with Crippen LogP contribution in [-0.4, -0.2) is 11.0 Å². The summed E-state index contributed by atoms with van der Waals surface area (Å²) in [6.07, 6.45) is 4.75. The standard InChI is InChI=1S/C16H24N2O2/c1-16(2,3)12-7-9-13(10-8-12)17-14-5-4-6-15(11-14)18(19)20/h4-6,11-13,17H,7-10H2,1-3H3. The molecule has 1 aliphatic carbocycles. The van der Waals surface area contributed by atoms with Gasteiger partial charge in [-0.15, -0.1) is 0 Å². The van der Waals surface area contributed by atoms with Crippen LogP contribution in [0.25, 0.3) is 0 Å². The van der Waals surface area contributed by atoms with E-state index in [1.54, 1.807) is 12.1 Å². The number of nitrogens with one attached hydrogen (secondary N) is 1. The summed E-state index contributed by atoms with van der Waals surface area (Å²) < 4.78 is 0. The van der Waals surface area contributed by atoms with Crippen LogP contribution in [0.1, 0.15) is 46.5 Å². The van der Waals surface area contributed by atoms with E-state index < -0.39 is 0 Å². The van der Waals surface area contributed by atoms with Crippen LogP contribution in [0.3, 0.4) is 0 Å². The van der Waals surface area contributed by atoms with Crippen molar-refractivity contribution in [2.75, 3.05) is 5.32 Å². The predicted molar refractivity (Wildman–Crippen MR) is 81.9 cm³/mol. The molecule has 0 spiro atoms. The number of hydrogen-bond acceptors (Lipinski definition) is 3. The van der Waals surface area contributed by atoms with Crippen molar-refractivity contribution in [2.45, 2.75) is 52.5 Å². The first-order chi connectivity index (χ1) is 9.36. The summed E-state index contributed by atoms with van der Waals surface area (Å²) in [7, 11) is 0. The molecule has 0 heterocycles. The van der Waals surface area contributed by atoms with Crippen LogP contribution < -0.4 is 5.32 Å². The highest BCUT2D eigenvalue weighted by Crippen LogP contribution is 2.38. The number of nitrogens with zero attached hydrogens (tertiary/aromatic N) is 1. The molecule has 1 N–H and O–H groups in total. The van der Waals surface area contributed by atoms with Gasteiger partial charge in [0.25, 0.3) is 5.69 Å². The first-order valence-electron chi connectivity index (χ1n) is 7.37. The Morgan fingerprint density at radius 3 is 2.40 bits per heavy atom. The summed E-state index contributed by atoms with van der Waals surface area (Å²) in [6, 6.07) is 7.23. The molecule has 4 heteroatoms. The van der Waals surface area contributed by atoms with Crippen molar-refractivity contribution in [2.24, 2.45) is 11.3 Å². The first-order valence-corrected chi connectivity index (χ1v) is 7.37. The van der Waals surface area contributed by atoms with E-state index in [1.165, 1.54) is 18.9 Å². The zero-order valence-electron chi connectivity index (χ0n) is 12.6. The van der Waals surface area contributed by atoms with Crippen molar-refractivity contribution in [3.05, 3.63) is 34.4 Å². The van der Waals surface area contributed by atoms with E-state index in [4.69, 9.17) is 0 Å². The zero-order chi connectivity index (χ0) is 14.8. The average molecular weight is 276 g/mol. The molecule has 0 aromatic heterocycles. The topological polar surface area (TPSA) is 55.2 Å². The fourth-order valence-electron chi connectivity index (χ4n) is 3.05. The van der Waals surface area contributed by atoms with Crippen molar-refractivity contribution in [1.82, 2.24) is 0 Å². The molecule has 0 saturated heterocycles. The lowest BCUT2D eigenvalue weighted by Crippen LogP contribution is -2.31. The van der Waals surface area contributed by atoms with Gasteiger partial charge in [0.2, 0.25) is 0 Å². The van der Waals surface area contributed by atoms with Crippen LogP contribution in [0.5, 0.6) is 0 Å². The second kappa shape index (κ2) is 5.81. The second-order valence-electron chi connectivity index (χ2n) is 6.87. The molecule has 4 nitrogen and oxygen atoms in total. The third-order valence-electron chi connectivity index (χ3n) is 4.38. The largest absolute Gasteiger partial charge is 0.382 e. The molecule has 0 amide bonds. The van der Waals surface area contributed by atoms with Crippen molar-refractivity contribution < 1.29 is 4.92 Å². The molecule has 0 atom stereocenters. The average Bonchev–Trinajstić information content (AvgIpc) is 2.38. The molecule has 1 aromatic rings. The lowest BCUT2D eigenvalue weighted by molar-refractivity contribution is -0.384. The van der Waals surface area contributed by atoms with Crippen LogP contribution in [0, 0.1) is 21.4 Å². The van der Waals surface area contributed by atoms with Gasteiger partial charge < -0.3 is 5.32 Å². The summed E-state index contributed by atoms with van der Waals surface area (Å²) in [5.74, 6) is 0.783. The van der Waals surface area contributed by atoms with E-state index in [0.717, 1.165) is 24.4 Å². The van der Waals surface area contributed by atoms with Gasteiger partial charge in [-0.3, -0.25) is 10.1 Å². The third-order valence-corrected chi connectivity index (χ3v) is 4.38. The van der Waals surface area contributed by atoms with Crippen molar-refractivity contribution >= 4 is 11.4 Å². The predicted octanol–water partition coefficient (Wildman–Crippen LogP) is 4.61. The lowest BCUT2D eigenvalue weighted by atomic mass is 9.71. The van der Waals surface area contributed by atoms with E-state index in [1.807, 2.05) is 6.07 Å². The Morgan fingerprint density at radius 1 is 1.20 bits per heavy atom. The van der Waals surface area contributed by atoms with Gasteiger partial charge in [-0.05, 0) is 43.1 Å². The maximum atomic E-state index is 10.8. The second-order valence-corrected chi connectivity index (χ2v) is 6.87. The highest BCUT2D eigenvalue weighted by atomic mass is 16.6. The number of non-ortho nitro benzene ring substituents is 1. The van der Waals surface area contributed by atoms with Gasteiger partial charge in [0.05, 0.1) is 4.92 Å². The van der Waals surface area contributed by atoms with E-state index in [2.05, 4.69) is 26.1 Å². The number of rotatable bonds is 3. The van der Waals surface area contributed by atoms with Crippen LogP contribution in [0.4, 0.5) is 11.4 Å². The highest BCUT2D eigenvalue weighted by Gasteiger charge is 2.29. The van der Waals surface area contributed by atoms with Crippen LogP contribution in [-0.2, 0) is 0 Å². The monoisotopic (exact) mass is 276 g/mol. The minimum absolute atomic E-state index is 0.151. The number of benzene rings is 1. The Bertz CT molecular complexity index is 472. The Morgan fingerprint density at radius 2 is 1.85 bits per heavy atom. The zero-order valence-corrected chi connectivity index (χ0v) is 12.6. The van der Waals surface area contributed by atoms with Crippen LogP contribution >= 0.6 is 0 Å². The number of nitro groups is 1. The Labute approximate surface area is 120 Å². The molecular weight excluding hydrogens is 252 g/mol. The van der Waals surface area contributed by atoms with Crippen molar-refractivity contribution in [3.63, 3.8) is 0 Å². The molecule has 1 saturated carbocycles. The molecular formula is C16H24N2O2. The maximum Gasteiger partial charge on any atom is 0.271 e. The van der Waals surface area contributed by atoms with Crippen LogP contribution in [0.2, 0.25) is 0 Å². The van der Waals surface area contributed by atoms with Gasteiger partial charge in [0.15, 0.2) is 0 Å².